The first-order valence-electron chi connectivity index (χ1n) is 4.63. The van der Waals surface area contributed by atoms with Crippen molar-refractivity contribution in [2.24, 2.45) is 11.8 Å². The Bertz CT molecular complexity index is 243. The molecule has 0 aromatic rings. The second-order valence-corrected chi connectivity index (χ2v) is 4.39. The molecule has 1 N–H and O–H groups in total. The summed E-state index contributed by atoms with van der Waals surface area (Å²) in [6.45, 7) is 4.26. The SMILES string of the molecule is CC(C)C1CCC(Cl)=C(C(=O)O)C1. The average molecular weight is 203 g/mol. The van der Waals surface area contributed by atoms with E-state index in [-0.39, 0.29) is 0 Å². The predicted molar refractivity (Wildman–Crippen MR) is 52.7 cm³/mol. The molecule has 2 nitrogen and oxygen atoms in total. The van der Waals surface area contributed by atoms with E-state index in [0.717, 1.165) is 12.8 Å². The lowest BCUT2D eigenvalue weighted by Gasteiger charge is -2.25. The first-order valence-corrected chi connectivity index (χ1v) is 5.01. The van der Waals surface area contributed by atoms with Crippen molar-refractivity contribution in [3.05, 3.63) is 10.6 Å². The number of hydrogen-bond donors (Lipinski definition) is 1. The molecule has 0 aliphatic heterocycles. The molecule has 13 heavy (non-hydrogen) atoms. The molecular formula is C10H15ClO2. The van der Waals surface area contributed by atoms with Crippen LogP contribution in [0.2, 0.25) is 0 Å². The van der Waals surface area contributed by atoms with Crippen LogP contribution in [0.4, 0.5) is 0 Å². The number of hydrogen-bond acceptors (Lipinski definition) is 1. The highest BCUT2D eigenvalue weighted by molar-refractivity contribution is 6.31. The van der Waals surface area contributed by atoms with Crippen molar-refractivity contribution < 1.29 is 9.90 Å². The lowest BCUT2D eigenvalue weighted by atomic mass is 9.81. The predicted octanol–water partition coefficient (Wildman–Crippen LogP) is 3.02. The fraction of sp³-hybridized carbons (Fsp3) is 0.700. The van der Waals surface area contributed by atoms with Crippen LogP contribution in [0, 0.1) is 11.8 Å². The summed E-state index contributed by atoms with van der Waals surface area (Å²) in [5, 5.41) is 9.41. The van der Waals surface area contributed by atoms with E-state index in [2.05, 4.69) is 13.8 Å². The summed E-state index contributed by atoms with van der Waals surface area (Å²) in [6, 6.07) is 0. The molecule has 0 amide bonds. The van der Waals surface area contributed by atoms with Crippen LogP contribution in [-0.4, -0.2) is 11.1 Å². The summed E-state index contributed by atoms with van der Waals surface area (Å²) in [7, 11) is 0. The van der Waals surface area contributed by atoms with Gasteiger partial charge in [0, 0.05) is 5.03 Å². The third-order valence-corrected chi connectivity index (χ3v) is 3.15. The maximum atomic E-state index is 10.8. The van der Waals surface area contributed by atoms with E-state index in [4.69, 9.17) is 16.7 Å². The molecule has 1 rings (SSSR count). The number of rotatable bonds is 2. The summed E-state index contributed by atoms with van der Waals surface area (Å²) < 4.78 is 0. The first-order chi connectivity index (χ1) is 6.02. The zero-order chi connectivity index (χ0) is 10.0. The van der Waals surface area contributed by atoms with Crippen molar-refractivity contribution in [3.63, 3.8) is 0 Å². The fourth-order valence-electron chi connectivity index (χ4n) is 1.71. The van der Waals surface area contributed by atoms with Crippen LogP contribution in [0.25, 0.3) is 0 Å². The van der Waals surface area contributed by atoms with Crippen molar-refractivity contribution >= 4 is 17.6 Å². The van der Waals surface area contributed by atoms with Gasteiger partial charge in [0.15, 0.2) is 0 Å². The van der Waals surface area contributed by atoms with Gasteiger partial charge >= 0.3 is 5.97 Å². The van der Waals surface area contributed by atoms with Crippen LogP contribution in [-0.2, 0) is 4.79 Å². The van der Waals surface area contributed by atoms with E-state index < -0.39 is 5.97 Å². The highest BCUT2D eigenvalue weighted by atomic mass is 35.5. The number of halogens is 1. The molecule has 0 heterocycles. The maximum absolute atomic E-state index is 10.8. The Morgan fingerprint density at radius 3 is 2.69 bits per heavy atom. The van der Waals surface area contributed by atoms with Gasteiger partial charge in [-0.25, -0.2) is 4.79 Å². The van der Waals surface area contributed by atoms with Gasteiger partial charge in [-0.1, -0.05) is 25.4 Å². The molecule has 0 bridgehead atoms. The van der Waals surface area contributed by atoms with E-state index in [9.17, 15) is 4.79 Å². The van der Waals surface area contributed by atoms with Crippen LogP contribution in [0.5, 0.6) is 0 Å². The van der Waals surface area contributed by atoms with Crippen molar-refractivity contribution in [1.82, 2.24) is 0 Å². The van der Waals surface area contributed by atoms with E-state index in [1.54, 1.807) is 0 Å². The smallest absolute Gasteiger partial charge is 0.332 e. The van der Waals surface area contributed by atoms with Crippen molar-refractivity contribution in [3.8, 4) is 0 Å². The molecule has 0 spiro atoms. The zero-order valence-corrected chi connectivity index (χ0v) is 8.77. The molecule has 0 aromatic heterocycles. The topological polar surface area (TPSA) is 37.3 Å². The largest absolute Gasteiger partial charge is 0.478 e. The lowest BCUT2D eigenvalue weighted by molar-refractivity contribution is -0.133. The van der Waals surface area contributed by atoms with Gasteiger partial charge in [0.2, 0.25) is 0 Å². The number of carboxylic acids is 1. The van der Waals surface area contributed by atoms with Gasteiger partial charge in [-0.3, -0.25) is 0 Å². The molecular weight excluding hydrogens is 188 g/mol. The lowest BCUT2D eigenvalue weighted by Crippen LogP contribution is -2.18. The second-order valence-electron chi connectivity index (χ2n) is 3.94. The maximum Gasteiger partial charge on any atom is 0.332 e. The van der Waals surface area contributed by atoms with E-state index in [1.807, 2.05) is 0 Å². The van der Waals surface area contributed by atoms with Gasteiger partial charge in [0.25, 0.3) is 0 Å². The molecule has 1 aliphatic rings. The monoisotopic (exact) mass is 202 g/mol. The summed E-state index contributed by atoms with van der Waals surface area (Å²) in [5.41, 5.74) is 0.423. The van der Waals surface area contributed by atoms with E-state index >= 15 is 0 Å². The Morgan fingerprint density at radius 2 is 2.23 bits per heavy atom. The second kappa shape index (κ2) is 4.14. The van der Waals surface area contributed by atoms with Crippen molar-refractivity contribution in [2.45, 2.75) is 33.1 Å². The van der Waals surface area contributed by atoms with Gasteiger partial charge in [0.05, 0.1) is 5.57 Å². The van der Waals surface area contributed by atoms with E-state index in [1.165, 1.54) is 0 Å². The molecule has 1 aliphatic carbocycles. The van der Waals surface area contributed by atoms with Crippen LogP contribution >= 0.6 is 11.6 Å². The molecule has 3 heteroatoms. The molecule has 0 radical (unpaired) electrons. The summed E-state index contributed by atoms with van der Waals surface area (Å²) >= 11 is 5.85. The quantitative estimate of drug-likeness (QED) is 0.748. The summed E-state index contributed by atoms with van der Waals surface area (Å²) in [4.78, 5) is 10.8. The Morgan fingerprint density at radius 1 is 1.62 bits per heavy atom. The van der Waals surface area contributed by atoms with Crippen molar-refractivity contribution in [2.75, 3.05) is 0 Å². The fourth-order valence-corrected chi connectivity index (χ4v) is 1.98. The summed E-state index contributed by atoms with van der Waals surface area (Å²) in [5.74, 6) is 0.170. The minimum atomic E-state index is -0.852. The van der Waals surface area contributed by atoms with Gasteiger partial charge in [0.1, 0.15) is 0 Å². The van der Waals surface area contributed by atoms with Crippen LogP contribution < -0.4 is 0 Å². The highest BCUT2D eigenvalue weighted by Gasteiger charge is 2.25. The normalized spacial score (nSPS) is 23.8. The molecule has 0 aromatic carbocycles. The Balaban J connectivity index is 2.76. The molecule has 0 saturated carbocycles. The van der Waals surface area contributed by atoms with Gasteiger partial charge < -0.3 is 5.11 Å². The van der Waals surface area contributed by atoms with Crippen LogP contribution in [0.3, 0.4) is 0 Å². The zero-order valence-electron chi connectivity index (χ0n) is 8.01. The van der Waals surface area contributed by atoms with Crippen molar-refractivity contribution in [1.29, 1.82) is 0 Å². The molecule has 0 saturated heterocycles. The number of carboxylic acid groups (broad SMARTS) is 1. The standard InChI is InChI=1S/C10H15ClO2/c1-6(2)7-3-4-9(11)8(5-7)10(12)13/h6-7H,3-5H2,1-2H3,(H,12,13). The first kappa shape index (κ1) is 10.6. The summed E-state index contributed by atoms with van der Waals surface area (Å²) in [6.07, 6.45) is 2.38. The molecule has 1 unspecified atom stereocenters. The Kier molecular flexibility index (Phi) is 3.37. The number of carbonyl (C=O) groups is 1. The highest BCUT2D eigenvalue weighted by Crippen LogP contribution is 2.35. The molecule has 0 fully saturated rings. The van der Waals surface area contributed by atoms with Crippen LogP contribution in [0.15, 0.2) is 10.6 Å². The molecule has 74 valence electrons. The van der Waals surface area contributed by atoms with Gasteiger partial charge in [-0.05, 0) is 31.1 Å². The Hall–Kier alpha value is -0.500. The van der Waals surface area contributed by atoms with Gasteiger partial charge in [-0.15, -0.1) is 0 Å². The third-order valence-electron chi connectivity index (χ3n) is 2.73. The number of aliphatic carboxylic acids is 1. The van der Waals surface area contributed by atoms with Crippen LogP contribution in [0.1, 0.15) is 33.1 Å². The third kappa shape index (κ3) is 2.47. The Labute approximate surface area is 83.6 Å². The minimum Gasteiger partial charge on any atom is -0.478 e. The number of allylic oxidation sites excluding steroid dienone is 1. The van der Waals surface area contributed by atoms with E-state index in [0.29, 0.717) is 28.9 Å². The average Bonchev–Trinajstić information content (AvgIpc) is 2.04. The molecule has 1 atom stereocenters. The van der Waals surface area contributed by atoms with Gasteiger partial charge in [-0.2, -0.15) is 0 Å². The minimum absolute atomic E-state index is 0.423.